The van der Waals surface area contributed by atoms with Crippen LogP contribution in [0.25, 0.3) is 0 Å². The Balaban J connectivity index is 2.00. The maximum absolute atomic E-state index is 12.2. The molecule has 0 atom stereocenters. The predicted octanol–water partition coefficient (Wildman–Crippen LogP) is -0.0127. The minimum Gasteiger partial charge on any atom is -0.321 e. The zero-order valence-corrected chi connectivity index (χ0v) is 12.4. The average Bonchev–Trinajstić information content (AvgIpc) is 2.46. The van der Waals surface area contributed by atoms with Crippen molar-refractivity contribution in [3.63, 3.8) is 0 Å². The molecule has 1 fully saturated rings. The number of nitrogens with one attached hydrogen (secondary N) is 2. The molecule has 4 N–H and O–H groups in total. The van der Waals surface area contributed by atoms with Crippen molar-refractivity contribution in [3.8, 4) is 0 Å². The molecule has 7 nitrogen and oxygen atoms in total. The Bertz CT molecular complexity index is 541. The van der Waals surface area contributed by atoms with Gasteiger partial charge in [-0.25, -0.2) is 18.1 Å². The molecule has 0 spiro atoms. The van der Waals surface area contributed by atoms with Gasteiger partial charge in [0.05, 0.1) is 5.69 Å². The van der Waals surface area contributed by atoms with Gasteiger partial charge in [-0.3, -0.25) is 5.84 Å². The van der Waals surface area contributed by atoms with E-state index in [0.29, 0.717) is 18.2 Å². The number of hydrogen-bond acceptors (Lipinski definition) is 6. The van der Waals surface area contributed by atoms with Crippen LogP contribution in [0, 0.1) is 5.92 Å². The largest absolute Gasteiger partial charge is 0.321 e. The fraction of sp³-hybridized carbons (Fsp3) is 0.583. The third kappa shape index (κ3) is 3.66. The molecule has 0 radical (unpaired) electrons. The van der Waals surface area contributed by atoms with Crippen LogP contribution in [0.2, 0.25) is 0 Å². The summed E-state index contributed by atoms with van der Waals surface area (Å²) in [6.45, 7) is 2.45. The predicted molar refractivity (Wildman–Crippen MR) is 77.5 cm³/mol. The highest BCUT2D eigenvalue weighted by Gasteiger charge is 2.23. The van der Waals surface area contributed by atoms with E-state index in [0.717, 1.165) is 25.9 Å². The first-order valence-corrected chi connectivity index (χ1v) is 8.11. The summed E-state index contributed by atoms with van der Waals surface area (Å²) in [4.78, 5) is 6.15. The van der Waals surface area contributed by atoms with Crippen LogP contribution in [0.15, 0.2) is 23.4 Å². The lowest BCUT2D eigenvalue weighted by molar-refractivity contribution is 0.220. The number of sulfonamides is 1. The van der Waals surface area contributed by atoms with Gasteiger partial charge in [0.15, 0.2) is 5.03 Å². The Kier molecular flexibility index (Phi) is 4.92. The summed E-state index contributed by atoms with van der Waals surface area (Å²) in [7, 11) is -1.56. The molecule has 8 heteroatoms. The van der Waals surface area contributed by atoms with Gasteiger partial charge >= 0.3 is 0 Å². The third-order valence-corrected chi connectivity index (χ3v) is 4.96. The summed E-state index contributed by atoms with van der Waals surface area (Å²) in [5.74, 6) is 5.69. The first-order chi connectivity index (χ1) is 9.53. The minimum atomic E-state index is -3.63. The second-order valence-electron chi connectivity index (χ2n) is 5.10. The number of hydrazine groups is 1. The molecule has 1 aliphatic rings. The van der Waals surface area contributed by atoms with E-state index in [4.69, 9.17) is 5.84 Å². The van der Waals surface area contributed by atoms with Gasteiger partial charge in [0.25, 0.3) is 10.0 Å². The number of aromatic nitrogens is 1. The van der Waals surface area contributed by atoms with E-state index in [1.165, 1.54) is 6.20 Å². The summed E-state index contributed by atoms with van der Waals surface area (Å²) in [5, 5.41) is -0.0598. The van der Waals surface area contributed by atoms with Crippen LogP contribution >= 0.6 is 0 Å². The summed E-state index contributed by atoms with van der Waals surface area (Å²) in [6, 6.07) is 3.21. The zero-order valence-electron chi connectivity index (χ0n) is 11.5. The Morgan fingerprint density at radius 1 is 1.45 bits per heavy atom. The van der Waals surface area contributed by atoms with Gasteiger partial charge in [0.1, 0.15) is 0 Å². The molecule has 1 saturated heterocycles. The molecule has 1 aliphatic heterocycles. The fourth-order valence-corrected chi connectivity index (χ4v) is 3.48. The maximum atomic E-state index is 12.2. The van der Waals surface area contributed by atoms with E-state index in [-0.39, 0.29) is 5.03 Å². The molecular formula is C12H21N5O2S. The molecule has 2 heterocycles. The van der Waals surface area contributed by atoms with E-state index in [9.17, 15) is 8.42 Å². The molecule has 0 aromatic carbocycles. The number of nitrogens with two attached hydrogens (primary N) is 1. The van der Waals surface area contributed by atoms with Crippen LogP contribution in [0.5, 0.6) is 0 Å². The molecule has 2 rings (SSSR count). The Morgan fingerprint density at radius 3 is 2.80 bits per heavy atom. The summed E-state index contributed by atoms with van der Waals surface area (Å²) >= 11 is 0. The van der Waals surface area contributed by atoms with Crippen molar-refractivity contribution in [2.45, 2.75) is 17.9 Å². The van der Waals surface area contributed by atoms with Crippen molar-refractivity contribution in [2.24, 2.45) is 11.8 Å². The summed E-state index contributed by atoms with van der Waals surface area (Å²) in [5.41, 5.74) is 2.65. The standard InChI is InChI=1S/C12H21N5O2S/c1-17-7-4-10(5-8-17)9-15-20(18,19)12-11(16-13)3-2-6-14-12/h2-3,6,10,15-16H,4-5,7-9,13H2,1H3. The van der Waals surface area contributed by atoms with Gasteiger partial charge in [0, 0.05) is 12.7 Å². The molecule has 20 heavy (non-hydrogen) atoms. The van der Waals surface area contributed by atoms with Gasteiger partial charge in [-0.05, 0) is 51.0 Å². The maximum Gasteiger partial charge on any atom is 0.260 e. The molecule has 1 aromatic rings. The second kappa shape index (κ2) is 6.49. The van der Waals surface area contributed by atoms with Crippen LogP contribution in [0.4, 0.5) is 5.69 Å². The van der Waals surface area contributed by atoms with Crippen molar-refractivity contribution in [3.05, 3.63) is 18.3 Å². The normalized spacial score (nSPS) is 18.1. The van der Waals surface area contributed by atoms with Gasteiger partial charge in [-0.1, -0.05) is 0 Å². The molecular weight excluding hydrogens is 278 g/mol. The average molecular weight is 299 g/mol. The molecule has 0 unspecified atom stereocenters. The monoisotopic (exact) mass is 299 g/mol. The molecule has 0 amide bonds. The summed E-state index contributed by atoms with van der Waals surface area (Å²) < 4.78 is 27.1. The number of piperidine rings is 1. The first kappa shape index (κ1) is 15.2. The van der Waals surface area contributed by atoms with E-state index >= 15 is 0 Å². The van der Waals surface area contributed by atoms with Crippen molar-refractivity contribution in [1.29, 1.82) is 0 Å². The van der Waals surface area contributed by atoms with Gasteiger partial charge < -0.3 is 10.3 Å². The Labute approximate surface area is 119 Å². The second-order valence-corrected chi connectivity index (χ2v) is 6.78. The topological polar surface area (TPSA) is 100 Å². The molecule has 1 aromatic heterocycles. The molecule has 112 valence electrons. The molecule has 0 saturated carbocycles. The lowest BCUT2D eigenvalue weighted by Crippen LogP contribution is -2.37. The van der Waals surface area contributed by atoms with E-state index in [1.54, 1.807) is 12.1 Å². The van der Waals surface area contributed by atoms with Crippen LogP contribution < -0.4 is 16.0 Å². The van der Waals surface area contributed by atoms with Gasteiger partial charge in [-0.15, -0.1) is 0 Å². The van der Waals surface area contributed by atoms with Crippen molar-refractivity contribution >= 4 is 15.7 Å². The van der Waals surface area contributed by atoms with Crippen LogP contribution in [-0.2, 0) is 10.0 Å². The molecule has 0 aliphatic carbocycles. The Hall–Kier alpha value is -1.22. The number of nitrogens with zero attached hydrogens (tertiary/aromatic N) is 2. The fourth-order valence-electron chi connectivity index (χ4n) is 2.28. The number of anilines is 1. The highest BCUT2D eigenvalue weighted by Crippen LogP contribution is 2.19. The van der Waals surface area contributed by atoms with Crippen molar-refractivity contribution in [2.75, 3.05) is 32.1 Å². The highest BCUT2D eigenvalue weighted by molar-refractivity contribution is 7.89. The quantitative estimate of drug-likeness (QED) is 0.522. The summed E-state index contributed by atoms with van der Waals surface area (Å²) in [6.07, 6.45) is 3.44. The molecule has 0 bridgehead atoms. The van der Waals surface area contributed by atoms with Gasteiger partial charge in [0.2, 0.25) is 0 Å². The SMILES string of the molecule is CN1CCC(CNS(=O)(=O)c2ncccc2NN)CC1. The van der Waals surface area contributed by atoms with E-state index in [2.05, 4.69) is 27.1 Å². The van der Waals surface area contributed by atoms with Gasteiger partial charge in [-0.2, -0.15) is 0 Å². The van der Waals surface area contributed by atoms with Crippen molar-refractivity contribution in [1.82, 2.24) is 14.6 Å². The zero-order chi connectivity index (χ0) is 14.6. The highest BCUT2D eigenvalue weighted by atomic mass is 32.2. The first-order valence-electron chi connectivity index (χ1n) is 6.63. The number of nitrogen functional groups attached to an aromatic ring is 1. The number of rotatable bonds is 5. The third-order valence-electron chi connectivity index (χ3n) is 3.58. The minimum absolute atomic E-state index is 0.0598. The van der Waals surface area contributed by atoms with Crippen LogP contribution in [0.1, 0.15) is 12.8 Å². The van der Waals surface area contributed by atoms with Crippen LogP contribution in [-0.4, -0.2) is 45.0 Å². The Morgan fingerprint density at radius 2 is 2.15 bits per heavy atom. The number of likely N-dealkylation sites (tertiary alicyclic amines) is 1. The van der Waals surface area contributed by atoms with E-state index < -0.39 is 10.0 Å². The van der Waals surface area contributed by atoms with E-state index in [1.807, 2.05) is 0 Å². The number of hydrogen-bond donors (Lipinski definition) is 3. The lowest BCUT2D eigenvalue weighted by Gasteiger charge is -2.28. The smallest absolute Gasteiger partial charge is 0.260 e. The van der Waals surface area contributed by atoms with Crippen molar-refractivity contribution < 1.29 is 8.42 Å². The number of pyridine rings is 1. The van der Waals surface area contributed by atoms with Crippen LogP contribution in [0.3, 0.4) is 0 Å². The lowest BCUT2D eigenvalue weighted by atomic mass is 9.98.